The number of aromatic amines is 1. The molecule has 0 bridgehead atoms. The standard InChI is InChI=1S/C12H9BrN2O2/c13-8-6-14-11(15-12(8)16)10-5-7-3-1-2-4-9(7)17-10/h1-4,6,10H,5H2,(H,14,15,16). The van der Waals surface area contributed by atoms with Gasteiger partial charge in [0.2, 0.25) is 0 Å². The smallest absolute Gasteiger partial charge is 0.265 e. The second-order valence-electron chi connectivity index (χ2n) is 3.86. The van der Waals surface area contributed by atoms with Gasteiger partial charge in [-0.05, 0) is 27.6 Å². The van der Waals surface area contributed by atoms with Crippen LogP contribution in [0.25, 0.3) is 0 Å². The molecule has 2 aromatic rings. The number of nitrogens with zero attached hydrogens (tertiary/aromatic N) is 1. The Morgan fingerprint density at radius 3 is 3.00 bits per heavy atom. The molecule has 86 valence electrons. The van der Waals surface area contributed by atoms with Crippen LogP contribution in [0.5, 0.6) is 5.75 Å². The molecule has 3 rings (SSSR count). The highest BCUT2D eigenvalue weighted by molar-refractivity contribution is 9.10. The summed E-state index contributed by atoms with van der Waals surface area (Å²) >= 11 is 3.12. The van der Waals surface area contributed by atoms with Crippen LogP contribution in [0.4, 0.5) is 0 Å². The Bertz CT molecular complexity index is 599. The van der Waals surface area contributed by atoms with Crippen LogP contribution in [0.15, 0.2) is 39.7 Å². The first-order valence-electron chi connectivity index (χ1n) is 5.23. The fourth-order valence-electron chi connectivity index (χ4n) is 1.89. The number of H-pyrrole nitrogens is 1. The van der Waals surface area contributed by atoms with Gasteiger partial charge in [0.15, 0.2) is 11.9 Å². The fourth-order valence-corrected chi connectivity index (χ4v) is 2.09. The molecule has 0 radical (unpaired) electrons. The number of aromatic nitrogens is 2. The highest BCUT2D eigenvalue weighted by Crippen LogP contribution is 2.34. The quantitative estimate of drug-likeness (QED) is 0.877. The summed E-state index contributed by atoms with van der Waals surface area (Å²) in [5.41, 5.74) is 0.956. The maximum absolute atomic E-state index is 11.5. The zero-order valence-corrected chi connectivity index (χ0v) is 10.4. The van der Waals surface area contributed by atoms with Crippen molar-refractivity contribution in [3.05, 3.63) is 56.7 Å². The number of nitrogens with one attached hydrogen (secondary N) is 1. The summed E-state index contributed by atoms with van der Waals surface area (Å²) < 4.78 is 6.17. The van der Waals surface area contributed by atoms with Crippen LogP contribution in [-0.2, 0) is 6.42 Å². The maximum atomic E-state index is 11.5. The summed E-state index contributed by atoms with van der Waals surface area (Å²) in [6, 6.07) is 7.85. The number of halogens is 1. The molecule has 2 heterocycles. The number of ether oxygens (including phenoxy) is 1. The molecule has 1 aromatic carbocycles. The van der Waals surface area contributed by atoms with Gasteiger partial charge in [0.1, 0.15) is 10.2 Å². The first-order chi connectivity index (χ1) is 8.24. The molecule has 1 aliphatic rings. The van der Waals surface area contributed by atoms with E-state index in [1.807, 2.05) is 24.3 Å². The molecule has 0 saturated carbocycles. The topological polar surface area (TPSA) is 55.0 Å². The Morgan fingerprint density at radius 1 is 1.41 bits per heavy atom. The van der Waals surface area contributed by atoms with Crippen LogP contribution >= 0.6 is 15.9 Å². The van der Waals surface area contributed by atoms with Gasteiger partial charge in [0.05, 0.1) is 0 Å². The molecular weight excluding hydrogens is 284 g/mol. The molecule has 17 heavy (non-hydrogen) atoms. The zero-order chi connectivity index (χ0) is 11.8. The van der Waals surface area contributed by atoms with Gasteiger partial charge in [-0.3, -0.25) is 4.79 Å². The van der Waals surface area contributed by atoms with Crippen molar-refractivity contribution in [3.8, 4) is 5.75 Å². The van der Waals surface area contributed by atoms with Crippen molar-refractivity contribution in [1.29, 1.82) is 0 Å². The SMILES string of the molecule is O=c1[nH]c(C2Cc3ccccc3O2)ncc1Br. The largest absolute Gasteiger partial charge is 0.482 e. The molecule has 5 heteroatoms. The van der Waals surface area contributed by atoms with Gasteiger partial charge in [-0.15, -0.1) is 0 Å². The molecule has 0 saturated heterocycles. The van der Waals surface area contributed by atoms with Gasteiger partial charge in [0.25, 0.3) is 5.56 Å². The fraction of sp³-hybridized carbons (Fsp3) is 0.167. The number of fused-ring (bicyclic) bond motifs is 1. The molecule has 0 aliphatic carbocycles. The summed E-state index contributed by atoms with van der Waals surface area (Å²) in [6.07, 6.45) is 2.04. The normalized spacial score (nSPS) is 17.6. The van der Waals surface area contributed by atoms with Gasteiger partial charge in [-0.2, -0.15) is 0 Å². The number of rotatable bonds is 1. The van der Waals surface area contributed by atoms with E-state index in [4.69, 9.17) is 4.74 Å². The molecule has 1 atom stereocenters. The van der Waals surface area contributed by atoms with Gasteiger partial charge in [-0.1, -0.05) is 18.2 Å². The van der Waals surface area contributed by atoms with Crippen molar-refractivity contribution in [2.24, 2.45) is 0 Å². The first kappa shape index (κ1) is 10.5. The summed E-state index contributed by atoms with van der Waals surface area (Å²) in [4.78, 5) is 18.4. The Morgan fingerprint density at radius 2 is 2.24 bits per heavy atom. The van der Waals surface area contributed by atoms with E-state index >= 15 is 0 Å². The number of hydrogen-bond donors (Lipinski definition) is 1. The molecule has 1 aliphatic heterocycles. The average molecular weight is 293 g/mol. The monoisotopic (exact) mass is 292 g/mol. The summed E-state index contributed by atoms with van der Waals surface area (Å²) in [6.45, 7) is 0. The van der Waals surface area contributed by atoms with Crippen LogP contribution in [0.1, 0.15) is 17.5 Å². The van der Waals surface area contributed by atoms with Gasteiger partial charge in [0, 0.05) is 12.6 Å². The Labute approximate surface area is 106 Å². The van der Waals surface area contributed by atoms with E-state index in [2.05, 4.69) is 25.9 Å². The second-order valence-corrected chi connectivity index (χ2v) is 4.72. The highest BCUT2D eigenvalue weighted by Gasteiger charge is 2.25. The third-order valence-electron chi connectivity index (χ3n) is 2.73. The number of hydrogen-bond acceptors (Lipinski definition) is 3. The van der Waals surface area contributed by atoms with E-state index in [9.17, 15) is 4.79 Å². The van der Waals surface area contributed by atoms with E-state index < -0.39 is 0 Å². The maximum Gasteiger partial charge on any atom is 0.265 e. The first-order valence-corrected chi connectivity index (χ1v) is 6.02. The minimum absolute atomic E-state index is 0.186. The average Bonchev–Trinajstić information content (AvgIpc) is 2.76. The molecule has 0 amide bonds. The minimum Gasteiger partial charge on any atom is -0.482 e. The number of para-hydroxylation sites is 1. The van der Waals surface area contributed by atoms with Crippen LogP contribution < -0.4 is 10.3 Å². The van der Waals surface area contributed by atoms with Gasteiger partial charge in [-0.25, -0.2) is 4.98 Å². The van der Waals surface area contributed by atoms with Crippen LogP contribution in [-0.4, -0.2) is 9.97 Å². The third kappa shape index (κ3) is 1.86. The molecule has 1 aromatic heterocycles. The highest BCUT2D eigenvalue weighted by atomic mass is 79.9. The van der Waals surface area contributed by atoms with Gasteiger partial charge >= 0.3 is 0 Å². The Balaban J connectivity index is 1.94. The third-order valence-corrected chi connectivity index (χ3v) is 3.29. The van der Waals surface area contributed by atoms with E-state index in [1.165, 1.54) is 6.20 Å². The summed E-state index contributed by atoms with van der Waals surface area (Å²) in [5.74, 6) is 1.43. The lowest BCUT2D eigenvalue weighted by molar-refractivity contribution is 0.227. The number of benzene rings is 1. The van der Waals surface area contributed by atoms with Crippen LogP contribution in [0.2, 0.25) is 0 Å². The molecule has 0 fully saturated rings. The summed E-state index contributed by atoms with van der Waals surface area (Å²) in [7, 11) is 0. The van der Waals surface area contributed by atoms with E-state index in [1.54, 1.807) is 0 Å². The van der Waals surface area contributed by atoms with Crippen molar-refractivity contribution in [2.45, 2.75) is 12.5 Å². The predicted octanol–water partition coefficient (Wildman–Crippen LogP) is 2.21. The van der Waals surface area contributed by atoms with Gasteiger partial charge < -0.3 is 9.72 Å². The van der Waals surface area contributed by atoms with E-state index in [-0.39, 0.29) is 11.7 Å². The lowest BCUT2D eigenvalue weighted by atomic mass is 10.1. The van der Waals surface area contributed by atoms with E-state index in [0.29, 0.717) is 10.3 Å². The van der Waals surface area contributed by atoms with Crippen molar-refractivity contribution in [2.75, 3.05) is 0 Å². The van der Waals surface area contributed by atoms with Crippen molar-refractivity contribution in [3.63, 3.8) is 0 Å². The van der Waals surface area contributed by atoms with Crippen molar-refractivity contribution in [1.82, 2.24) is 9.97 Å². The molecule has 1 N–H and O–H groups in total. The minimum atomic E-state index is -0.201. The van der Waals surface area contributed by atoms with E-state index in [0.717, 1.165) is 17.7 Å². The Kier molecular flexibility index (Phi) is 2.48. The predicted molar refractivity (Wildman–Crippen MR) is 66.1 cm³/mol. The molecular formula is C12H9BrN2O2. The van der Waals surface area contributed by atoms with Crippen molar-refractivity contribution < 1.29 is 4.74 Å². The lowest BCUT2D eigenvalue weighted by Crippen LogP contribution is -2.16. The summed E-state index contributed by atoms with van der Waals surface area (Å²) in [5, 5.41) is 0. The van der Waals surface area contributed by atoms with Crippen LogP contribution in [0.3, 0.4) is 0 Å². The Hall–Kier alpha value is -1.62. The second kappa shape index (κ2) is 4.00. The zero-order valence-electron chi connectivity index (χ0n) is 8.81. The lowest BCUT2D eigenvalue weighted by Gasteiger charge is -2.09. The van der Waals surface area contributed by atoms with Crippen LogP contribution in [0, 0.1) is 0 Å². The molecule has 1 unspecified atom stereocenters. The van der Waals surface area contributed by atoms with Crippen molar-refractivity contribution >= 4 is 15.9 Å². The molecule has 4 nitrogen and oxygen atoms in total. The molecule has 0 spiro atoms.